The van der Waals surface area contributed by atoms with Gasteiger partial charge < -0.3 is 9.47 Å². The third-order valence-corrected chi connectivity index (χ3v) is 5.52. The van der Waals surface area contributed by atoms with Gasteiger partial charge in [0.1, 0.15) is 0 Å². The van der Waals surface area contributed by atoms with Gasteiger partial charge in [-0.2, -0.15) is 0 Å². The molecule has 0 radical (unpaired) electrons. The average molecular weight is 453 g/mol. The van der Waals surface area contributed by atoms with Crippen LogP contribution in [-0.2, 0) is 19.1 Å². The highest BCUT2D eigenvalue weighted by Gasteiger charge is 2.27. The molecule has 0 amide bonds. The van der Waals surface area contributed by atoms with E-state index in [1.165, 1.54) is 0 Å². The Labute approximate surface area is 195 Å². The van der Waals surface area contributed by atoms with Crippen LogP contribution in [0, 0.1) is 11.8 Å². The normalized spacial score (nSPS) is 12.8. The predicted octanol–water partition coefficient (Wildman–Crippen LogP) is 5.66. The quantitative estimate of drug-likeness (QED) is 0.379. The summed E-state index contributed by atoms with van der Waals surface area (Å²) >= 11 is 0. The number of hydrogen-bond donors (Lipinski definition) is 0. The molecule has 2 rings (SSSR count). The first-order valence-corrected chi connectivity index (χ1v) is 11.2. The van der Waals surface area contributed by atoms with Crippen molar-refractivity contribution in [1.29, 1.82) is 0 Å². The molecule has 2 aromatic rings. The number of benzene rings is 2. The fraction of sp³-hybridized carbons (Fsp3) is 0.407. The molecule has 0 bridgehead atoms. The zero-order valence-electron chi connectivity index (χ0n) is 20.1. The van der Waals surface area contributed by atoms with Crippen molar-refractivity contribution in [3.8, 4) is 0 Å². The minimum Gasteiger partial charge on any atom is -0.389 e. The van der Waals surface area contributed by atoms with Crippen LogP contribution in [0.2, 0.25) is 0 Å². The number of hydrogen-bond acceptors (Lipinski definition) is 6. The SMILES string of the molecule is CC(CC(C)C(=O)OC(=O)c1ccc(C(C)C)cc1)C(=O)OC(=O)c1ccc(C(C)C)cc1. The molecule has 0 heterocycles. The van der Waals surface area contributed by atoms with E-state index in [4.69, 9.17) is 9.47 Å². The molecule has 0 aliphatic rings. The maximum Gasteiger partial charge on any atom is 0.345 e. The van der Waals surface area contributed by atoms with Crippen molar-refractivity contribution in [3.05, 3.63) is 70.8 Å². The highest BCUT2D eigenvalue weighted by Crippen LogP contribution is 2.19. The highest BCUT2D eigenvalue weighted by atomic mass is 16.6. The zero-order valence-corrected chi connectivity index (χ0v) is 20.1. The second-order valence-corrected chi connectivity index (χ2v) is 9.01. The van der Waals surface area contributed by atoms with Crippen molar-refractivity contribution in [2.45, 2.75) is 59.8 Å². The molecule has 0 saturated heterocycles. The summed E-state index contributed by atoms with van der Waals surface area (Å²) in [7, 11) is 0. The van der Waals surface area contributed by atoms with Crippen LogP contribution in [0.4, 0.5) is 0 Å². The number of carbonyl (C=O) groups is 4. The first-order chi connectivity index (χ1) is 15.5. The second-order valence-electron chi connectivity index (χ2n) is 9.01. The predicted molar refractivity (Wildman–Crippen MR) is 125 cm³/mol. The largest absolute Gasteiger partial charge is 0.389 e. The smallest absolute Gasteiger partial charge is 0.345 e. The fourth-order valence-corrected chi connectivity index (χ4v) is 3.23. The summed E-state index contributed by atoms with van der Waals surface area (Å²) < 4.78 is 9.93. The van der Waals surface area contributed by atoms with E-state index in [-0.39, 0.29) is 17.5 Å². The molecule has 0 N–H and O–H groups in total. The van der Waals surface area contributed by atoms with Gasteiger partial charge in [-0.3, -0.25) is 9.59 Å². The van der Waals surface area contributed by atoms with Crippen LogP contribution in [0.25, 0.3) is 0 Å². The van der Waals surface area contributed by atoms with Crippen molar-refractivity contribution in [2.75, 3.05) is 0 Å². The van der Waals surface area contributed by atoms with E-state index in [1.807, 2.05) is 52.0 Å². The Morgan fingerprint density at radius 2 is 0.879 bits per heavy atom. The Hall–Kier alpha value is -3.28. The molecule has 2 unspecified atom stereocenters. The third-order valence-electron chi connectivity index (χ3n) is 5.52. The maximum atomic E-state index is 12.3. The molecule has 0 spiro atoms. The summed E-state index contributed by atoms with van der Waals surface area (Å²) in [5, 5.41) is 0. The van der Waals surface area contributed by atoms with E-state index in [0.29, 0.717) is 11.8 Å². The van der Waals surface area contributed by atoms with E-state index in [1.54, 1.807) is 38.1 Å². The van der Waals surface area contributed by atoms with Crippen LogP contribution >= 0.6 is 0 Å². The Morgan fingerprint density at radius 1 is 0.576 bits per heavy atom. The van der Waals surface area contributed by atoms with Crippen molar-refractivity contribution in [2.24, 2.45) is 11.8 Å². The lowest BCUT2D eigenvalue weighted by molar-refractivity contribution is -0.145. The summed E-state index contributed by atoms with van der Waals surface area (Å²) in [4.78, 5) is 49.2. The molecular formula is C27H32O6. The number of carbonyl (C=O) groups excluding carboxylic acids is 4. The fourth-order valence-electron chi connectivity index (χ4n) is 3.23. The monoisotopic (exact) mass is 452 g/mol. The summed E-state index contributed by atoms with van der Waals surface area (Å²) in [5.41, 5.74) is 2.70. The van der Waals surface area contributed by atoms with Gasteiger partial charge in [-0.25, -0.2) is 9.59 Å². The van der Waals surface area contributed by atoms with Gasteiger partial charge in [0.05, 0.1) is 23.0 Å². The van der Waals surface area contributed by atoms with Crippen LogP contribution in [0.15, 0.2) is 48.5 Å². The Balaban J connectivity index is 1.88. The Morgan fingerprint density at radius 3 is 1.15 bits per heavy atom. The molecule has 0 aromatic heterocycles. The highest BCUT2D eigenvalue weighted by molar-refractivity contribution is 5.98. The summed E-state index contributed by atoms with van der Waals surface area (Å²) in [5.74, 6) is -3.76. The Bertz CT molecular complexity index is 905. The average Bonchev–Trinajstić information content (AvgIpc) is 2.78. The van der Waals surface area contributed by atoms with Gasteiger partial charge in [0.15, 0.2) is 0 Å². The molecule has 0 saturated carbocycles. The van der Waals surface area contributed by atoms with Gasteiger partial charge >= 0.3 is 23.9 Å². The number of rotatable bonds is 8. The lowest BCUT2D eigenvalue weighted by Crippen LogP contribution is -2.25. The topological polar surface area (TPSA) is 86.7 Å². The molecule has 6 nitrogen and oxygen atoms in total. The first-order valence-electron chi connectivity index (χ1n) is 11.2. The van der Waals surface area contributed by atoms with Crippen LogP contribution < -0.4 is 0 Å². The van der Waals surface area contributed by atoms with Crippen LogP contribution in [0.3, 0.4) is 0 Å². The van der Waals surface area contributed by atoms with Gasteiger partial charge in [0.25, 0.3) is 0 Å². The zero-order chi connectivity index (χ0) is 24.7. The molecule has 2 aromatic carbocycles. The lowest BCUT2D eigenvalue weighted by atomic mass is 9.97. The van der Waals surface area contributed by atoms with Crippen molar-refractivity contribution < 1.29 is 28.7 Å². The van der Waals surface area contributed by atoms with Gasteiger partial charge in [0.2, 0.25) is 0 Å². The van der Waals surface area contributed by atoms with Gasteiger partial charge in [-0.15, -0.1) is 0 Å². The third kappa shape index (κ3) is 7.38. The van der Waals surface area contributed by atoms with E-state index < -0.39 is 35.7 Å². The van der Waals surface area contributed by atoms with Gasteiger partial charge in [-0.05, 0) is 53.6 Å². The van der Waals surface area contributed by atoms with E-state index in [0.717, 1.165) is 11.1 Å². The molecule has 0 aliphatic heterocycles. The van der Waals surface area contributed by atoms with Crippen molar-refractivity contribution in [1.82, 2.24) is 0 Å². The van der Waals surface area contributed by atoms with E-state index >= 15 is 0 Å². The van der Waals surface area contributed by atoms with Crippen molar-refractivity contribution in [3.63, 3.8) is 0 Å². The maximum absolute atomic E-state index is 12.3. The van der Waals surface area contributed by atoms with Gasteiger partial charge in [-0.1, -0.05) is 65.8 Å². The van der Waals surface area contributed by atoms with Crippen LogP contribution in [-0.4, -0.2) is 23.9 Å². The minimum absolute atomic E-state index is 0.0802. The standard InChI is InChI=1S/C27H32O6/c1-16(2)20-7-11-22(12-8-20)26(30)32-24(28)18(5)15-19(6)25(29)33-27(31)23-13-9-21(10-14-23)17(3)4/h7-14,16-19H,15H2,1-6H3. The molecule has 0 aliphatic carbocycles. The number of ether oxygens (including phenoxy) is 2. The molecular weight excluding hydrogens is 420 g/mol. The van der Waals surface area contributed by atoms with E-state index in [9.17, 15) is 19.2 Å². The van der Waals surface area contributed by atoms with Crippen LogP contribution in [0.5, 0.6) is 0 Å². The molecule has 176 valence electrons. The van der Waals surface area contributed by atoms with E-state index in [2.05, 4.69) is 0 Å². The molecule has 0 fully saturated rings. The minimum atomic E-state index is -0.739. The van der Waals surface area contributed by atoms with Gasteiger partial charge in [0, 0.05) is 0 Å². The molecule has 2 atom stereocenters. The number of esters is 4. The molecule has 6 heteroatoms. The summed E-state index contributed by atoms with van der Waals surface area (Å²) in [6, 6.07) is 13.8. The van der Waals surface area contributed by atoms with Crippen LogP contribution in [0.1, 0.15) is 91.6 Å². The lowest BCUT2D eigenvalue weighted by Gasteiger charge is -2.15. The summed E-state index contributed by atoms with van der Waals surface area (Å²) in [6.45, 7) is 11.3. The second kappa shape index (κ2) is 11.5. The molecule has 33 heavy (non-hydrogen) atoms. The summed E-state index contributed by atoms with van der Waals surface area (Å²) in [6.07, 6.45) is 0.0802. The first kappa shape index (κ1) is 26.0. The Kier molecular flexibility index (Phi) is 9.09. The van der Waals surface area contributed by atoms with Crippen molar-refractivity contribution >= 4 is 23.9 Å².